The second-order valence-electron chi connectivity index (χ2n) is 10.3. The van der Waals surface area contributed by atoms with Gasteiger partial charge in [-0.15, -0.1) is 0 Å². The van der Waals surface area contributed by atoms with Crippen LogP contribution in [0.15, 0.2) is 54.6 Å². The van der Waals surface area contributed by atoms with Crippen LogP contribution in [0.3, 0.4) is 0 Å². The number of aryl methyl sites for hydroxylation is 1. The van der Waals surface area contributed by atoms with E-state index in [1.54, 1.807) is 13.8 Å². The van der Waals surface area contributed by atoms with Crippen molar-refractivity contribution in [2.45, 2.75) is 64.2 Å². The number of ether oxygens (including phenoxy) is 2. The molecule has 8 heteroatoms. The Morgan fingerprint density at radius 1 is 1.11 bits per heavy atom. The Hall–Kier alpha value is -3.07. The maximum atomic E-state index is 11.7. The largest absolute Gasteiger partial charge is 0.486 e. The summed E-state index contributed by atoms with van der Waals surface area (Å²) < 4.78 is 18.1. The molecule has 1 saturated heterocycles. The van der Waals surface area contributed by atoms with Gasteiger partial charge in [0.1, 0.15) is 11.9 Å². The molecule has 2 heterocycles. The molecule has 194 valence electrons. The van der Waals surface area contributed by atoms with Gasteiger partial charge in [0.15, 0.2) is 0 Å². The quantitative estimate of drug-likeness (QED) is 0.344. The molecule has 0 spiro atoms. The summed E-state index contributed by atoms with van der Waals surface area (Å²) in [5.41, 5.74) is 6.03. The third-order valence-electron chi connectivity index (χ3n) is 6.85. The summed E-state index contributed by atoms with van der Waals surface area (Å²) in [6.07, 6.45) is 2.82. The molecule has 2 atom stereocenters. The molecule has 1 aliphatic heterocycles. The lowest BCUT2D eigenvalue weighted by molar-refractivity contribution is -0.120. The van der Waals surface area contributed by atoms with Crippen molar-refractivity contribution >= 4 is 18.0 Å². The minimum absolute atomic E-state index is 0.00211. The topological polar surface area (TPSA) is 92.7 Å². The number of carbonyl (C=O) groups is 1. The lowest BCUT2D eigenvalue weighted by atomic mass is 9.96. The average Bonchev–Trinajstić information content (AvgIpc) is 3.27. The van der Waals surface area contributed by atoms with Crippen LogP contribution in [0.4, 0.5) is 0 Å². The van der Waals surface area contributed by atoms with Gasteiger partial charge in [0.25, 0.3) is 0 Å². The number of hydrogen-bond donors (Lipinski definition) is 3. The van der Waals surface area contributed by atoms with Crippen molar-refractivity contribution in [2.24, 2.45) is 0 Å². The van der Waals surface area contributed by atoms with Crippen LogP contribution >= 0.6 is 12.1 Å². The minimum atomic E-state index is -0.760. The zero-order valence-corrected chi connectivity index (χ0v) is 22.2. The lowest BCUT2D eigenvalue weighted by Gasteiger charge is -2.23. The molecule has 2 aliphatic rings. The highest BCUT2D eigenvalue weighted by atomic mass is 32.2. The number of aromatic nitrogens is 1. The highest BCUT2D eigenvalue weighted by Gasteiger charge is 2.27. The first-order chi connectivity index (χ1) is 17.8. The van der Waals surface area contributed by atoms with E-state index in [1.807, 2.05) is 37.3 Å². The average molecular weight is 520 g/mol. The van der Waals surface area contributed by atoms with E-state index in [9.17, 15) is 9.90 Å². The third-order valence-corrected chi connectivity index (χ3v) is 7.58. The van der Waals surface area contributed by atoms with E-state index < -0.39 is 5.60 Å². The van der Waals surface area contributed by atoms with Crippen molar-refractivity contribution in [1.82, 2.24) is 14.4 Å². The maximum absolute atomic E-state index is 11.7. The molecule has 0 radical (unpaired) electrons. The summed E-state index contributed by atoms with van der Waals surface area (Å²) >= 11 is 1.23. The minimum Gasteiger partial charge on any atom is -0.486 e. The Kier molecular flexibility index (Phi) is 7.42. The number of aliphatic hydroxyl groups is 1. The molecule has 1 amide bonds. The second kappa shape index (κ2) is 10.7. The summed E-state index contributed by atoms with van der Waals surface area (Å²) in [6.45, 7) is 5.97. The fourth-order valence-electron chi connectivity index (χ4n) is 4.85. The number of benzene rings is 2. The molecular formula is C29H33N3O4S. The maximum Gasteiger partial charge on any atom is 0.232 e. The van der Waals surface area contributed by atoms with E-state index >= 15 is 0 Å². The first kappa shape index (κ1) is 25.6. The molecule has 1 fully saturated rings. The van der Waals surface area contributed by atoms with Crippen LogP contribution in [0, 0.1) is 6.92 Å². The predicted octanol–water partition coefficient (Wildman–Crippen LogP) is 5.38. The van der Waals surface area contributed by atoms with Gasteiger partial charge in [0, 0.05) is 42.3 Å². The lowest BCUT2D eigenvalue weighted by Crippen LogP contribution is -2.33. The molecule has 5 rings (SSSR count). The standard InChI is InChI=1S/C29H33N3O4S/c1-18-21(12-14-28(30-18)35-16-15-29(2,3)34)22-5-4-6-24-23(22)11-13-26(24)36-20-9-7-19(8-10-20)25-17-27(33)32-37-31-25/h4-10,12,14,25-26,31,34H,11,13,15-17H2,1-3H3,(H,32,33). The SMILES string of the molecule is Cc1nc(OCCC(C)(C)O)ccc1-c1cccc2c1CCC2Oc1ccc(C2CC(=O)NSN2)cc1. The highest BCUT2D eigenvalue weighted by Crippen LogP contribution is 2.41. The number of carbonyl (C=O) groups excluding carboxylic acids is 1. The van der Waals surface area contributed by atoms with Crippen LogP contribution in [0.25, 0.3) is 11.1 Å². The van der Waals surface area contributed by atoms with Crippen molar-refractivity contribution in [3.8, 4) is 22.8 Å². The Morgan fingerprint density at radius 2 is 1.92 bits per heavy atom. The monoisotopic (exact) mass is 519 g/mol. The number of hydrogen-bond acceptors (Lipinski definition) is 7. The molecule has 7 nitrogen and oxygen atoms in total. The predicted molar refractivity (Wildman–Crippen MR) is 145 cm³/mol. The zero-order chi connectivity index (χ0) is 26.0. The van der Waals surface area contributed by atoms with Crippen molar-refractivity contribution in [3.05, 3.63) is 77.0 Å². The highest BCUT2D eigenvalue weighted by molar-refractivity contribution is 7.96. The van der Waals surface area contributed by atoms with E-state index in [0.29, 0.717) is 25.3 Å². The molecular weight excluding hydrogens is 486 g/mol. The normalized spacial score (nSPS) is 19.3. The number of nitrogens with one attached hydrogen (secondary N) is 2. The van der Waals surface area contributed by atoms with Gasteiger partial charge in [-0.05, 0) is 74.1 Å². The zero-order valence-electron chi connectivity index (χ0n) is 21.4. The number of amides is 1. The third kappa shape index (κ3) is 6.09. The van der Waals surface area contributed by atoms with E-state index in [0.717, 1.165) is 35.4 Å². The van der Waals surface area contributed by atoms with Crippen molar-refractivity contribution in [2.75, 3.05) is 6.61 Å². The van der Waals surface area contributed by atoms with Crippen LogP contribution in [0.1, 0.15) is 67.6 Å². The van der Waals surface area contributed by atoms with Gasteiger partial charge < -0.3 is 14.6 Å². The molecule has 0 bridgehead atoms. The Balaban J connectivity index is 1.28. The Labute approximate surface area is 222 Å². The van der Waals surface area contributed by atoms with E-state index in [-0.39, 0.29) is 18.1 Å². The van der Waals surface area contributed by atoms with E-state index in [1.165, 1.54) is 28.8 Å². The van der Waals surface area contributed by atoms with Gasteiger partial charge in [-0.3, -0.25) is 9.52 Å². The van der Waals surface area contributed by atoms with Crippen LogP contribution in [0.5, 0.6) is 11.6 Å². The molecule has 1 aliphatic carbocycles. The van der Waals surface area contributed by atoms with Crippen LogP contribution < -0.4 is 18.9 Å². The van der Waals surface area contributed by atoms with Gasteiger partial charge >= 0.3 is 0 Å². The summed E-state index contributed by atoms with van der Waals surface area (Å²) in [7, 11) is 0. The molecule has 3 N–H and O–H groups in total. The Bertz CT molecular complexity index is 1270. The molecule has 1 aromatic heterocycles. The number of rotatable bonds is 8. The fourth-order valence-corrected chi connectivity index (χ4v) is 5.47. The first-order valence-corrected chi connectivity index (χ1v) is 13.5. The van der Waals surface area contributed by atoms with Crippen molar-refractivity contribution < 1.29 is 19.4 Å². The molecule has 37 heavy (non-hydrogen) atoms. The molecule has 3 aromatic rings. The molecule has 2 aromatic carbocycles. The summed E-state index contributed by atoms with van der Waals surface area (Å²) in [4.78, 5) is 16.4. The van der Waals surface area contributed by atoms with Crippen molar-refractivity contribution in [3.63, 3.8) is 0 Å². The van der Waals surface area contributed by atoms with Gasteiger partial charge in [-0.25, -0.2) is 9.71 Å². The van der Waals surface area contributed by atoms with Gasteiger partial charge in [0.05, 0.1) is 18.2 Å². The summed E-state index contributed by atoms with van der Waals surface area (Å²) in [5.74, 6) is 1.43. The van der Waals surface area contributed by atoms with E-state index in [2.05, 4.69) is 38.7 Å². The number of nitrogens with zero attached hydrogens (tertiary/aromatic N) is 1. The van der Waals surface area contributed by atoms with E-state index in [4.69, 9.17) is 9.47 Å². The summed E-state index contributed by atoms with van der Waals surface area (Å²) in [5, 5.41) is 9.89. The molecule has 0 saturated carbocycles. The fraction of sp³-hybridized carbons (Fsp3) is 0.379. The number of fused-ring (bicyclic) bond motifs is 1. The van der Waals surface area contributed by atoms with Gasteiger partial charge in [0.2, 0.25) is 11.8 Å². The van der Waals surface area contributed by atoms with Gasteiger partial charge in [-0.1, -0.05) is 30.3 Å². The van der Waals surface area contributed by atoms with Crippen LogP contribution in [-0.4, -0.2) is 28.2 Å². The second-order valence-corrected chi connectivity index (χ2v) is 10.9. The van der Waals surface area contributed by atoms with Gasteiger partial charge in [-0.2, -0.15) is 0 Å². The number of pyridine rings is 1. The Morgan fingerprint density at radius 3 is 2.65 bits per heavy atom. The first-order valence-electron chi connectivity index (χ1n) is 12.7. The smallest absolute Gasteiger partial charge is 0.232 e. The van der Waals surface area contributed by atoms with Crippen molar-refractivity contribution in [1.29, 1.82) is 0 Å². The van der Waals surface area contributed by atoms with Crippen LogP contribution in [-0.2, 0) is 11.2 Å². The van der Waals surface area contributed by atoms with Crippen LogP contribution in [0.2, 0.25) is 0 Å². The molecule has 2 unspecified atom stereocenters. The summed E-state index contributed by atoms with van der Waals surface area (Å²) in [6, 6.07) is 18.4.